The molecule has 0 aromatic heterocycles. The summed E-state index contributed by atoms with van der Waals surface area (Å²) < 4.78 is 10.2. The Hall–Kier alpha value is -1.79. The quantitative estimate of drug-likeness (QED) is 0.747. The van der Waals surface area contributed by atoms with Crippen LogP contribution in [-0.2, 0) is 14.3 Å². The minimum Gasteiger partial charge on any atom is -0.497 e. The van der Waals surface area contributed by atoms with E-state index in [9.17, 15) is 9.59 Å². The molecule has 1 aromatic carbocycles. The highest BCUT2D eigenvalue weighted by molar-refractivity contribution is 5.91. The molecule has 2 rings (SSSR count). The Morgan fingerprint density at radius 2 is 2.00 bits per heavy atom. The number of hydrogen-bond donors (Lipinski definition) is 1. The fourth-order valence-electron chi connectivity index (χ4n) is 2.84. The highest BCUT2D eigenvalue weighted by Crippen LogP contribution is 2.19. The molecule has 1 fully saturated rings. The van der Waals surface area contributed by atoms with E-state index in [2.05, 4.69) is 10.2 Å². The maximum absolute atomic E-state index is 12.1. The molecule has 1 N–H and O–H groups in total. The smallest absolute Gasteiger partial charge is 0.309 e. The molecule has 1 aliphatic heterocycles. The van der Waals surface area contributed by atoms with Gasteiger partial charge in [0.1, 0.15) is 5.75 Å². The van der Waals surface area contributed by atoms with Gasteiger partial charge in [-0.3, -0.25) is 9.59 Å². The van der Waals surface area contributed by atoms with E-state index in [4.69, 9.17) is 9.47 Å². The number of anilines is 1. The van der Waals surface area contributed by atoms with Crippen molar-refractivity contribution in [2.45, 2.75) is 26.2 Å². The standard InChI is InChI=1S/C18H26N2O4.ClH/c1-3-24-18(22)14-7-10-20(11-8-14)12-9-17(21)19-15-5-4-6-16(13-15)23-2;/h4-6,13-14H,3,7-12H2,1-2H3,(H,19,21);1H. The van der Waals surface area contributed by atoms with Crippen molar-refractivity contribution in [2.75, 3.05) is 38.7 Å². The molecule has 1 heterocycles. The SMILES string of the molecule is CCOC(=O)C1CCN(CCC(=O)Nc2cccc(OC)c2)CC1.Cl. The molecule has 1 amide bonds. The van der Waals surface area contributed by atoms with Gasteiger partial charge in [0.15, 0.2) is 0 Å². The van der Waals surface area contributed by atoms with Gasteiger partial charge in [0, 0.05) is 24.7 Å². The summed E-state index contributed by atoms with van der Waals surface area (Å²) in [5, 5.41) is 2.88. The van der Waals surface area contributed by atoms with Gasteiger partial charge in [0.25, 0.3) is 0 Å². The lowest BCUT2D eigenvalue weighted by atomic mass is 9.97. The first-order valence-electron chi connectivity index (χ1n) is 8.45. The predicted octanol–water partition coefficient (Wildman–Crippen LogP) is 2.72. The number of carbonyl (C=O) groups excluding carboxylic acids is 2. The normalized spacial score (nSPS) is 15.1. The van der Waals surface area contributed by atoms with E-state index in [0.29, 0.717) is 25.3 Å². The first-order valence-corrected chi connectivity index (χ1v) is 8.45. The first kappa shape index (κ1) is 21.3. The topological polar surface area (TPSA) is 67.9 Å². The van der Waals surface area contributed by atoms with Crippen LogP contribution >= 0.6 is 12.4 Å². The number of halogens is 1. The number of hydrogen-bond acceptors (Lipinski definition) is 5. The average Bonchev–Trinajstić information content (AvgIpc) is 2.61. The Labute approximate surface area is 155 Å². The van der Waals surface area contributed by atoms with E-state index in [1.807, 2.05) is 25.1 Å². The number of rotatable bonds is 7. The molecular weight excluding hydrogens is 344 g/mol. The zero-order valence-corrected chi connectivity index (χ0v) is 15.6. The van der Waals surface area contributed by atoms with Gasteiger partial charge < -0.3 is 19.7 Å². The van der Waals surface area contributed by atoms with Crippen LogP contribution in [0.25, 0.3) is 0 Å². The number of piperidine rings is 1. The summed E-state index contributed by atoms with van der Waals surface area (Å²) in [7, 11) is 1.60. The molecule has 1 aliphatic rings. The van der Waals surface area contributed by atoms with E-state index in [-0.39, 0.29) is 30.2 Å². The third kappa shape index (κ3) is 6.92. The number of esters is 1. The maximum Gasteiger partial charge on any atom is 0.309 e. The molecule has 0 spiro atoms. The minimum atomic E-state index is -0.0899. The maximum atomic E-state index is 12.1. The first-order chi connectivity index (χ1) is 11.6. The van der Waals surface area contributed by atoms with Crippen LogP contribution in [0.3, 0.4) is 0 Å². The van der Waals surface area contributed by atoms with E-state index in [1.165, 1.54) is 0 Å². The van der Waals surface area contributed by atoms with Crippen LogP contribution in [0.2, 0.25) is 0 Å². The fourth-order valence-corrected chi connectivity index (χ4v) is 2.84. The van der Waals surface area contributed by atoms with Crippen LogP contribution in [0.5, 0.6) is 5.75 Å². The highest BCUT2D eigenvalue weighted by atomic mass is 35.5. The number of likely N-dealkylation sites (tertiary alicyclic amines) is 1. The minimum absolute atomic E-state index is 0. The van der Waals surface area contributed by atoms with E-state index >= 15 is 0 Å². The Balaban J connectivity index is 0.00000312. The molecule has 140 valence electrons. The van der Waals surface area contributed by atoms with E-state index in [1.54, 1.807) is 13.2 Å². The molecular formula is C18H27ClN2O4. The molecule has 1 aromatic rings. The van der Waals surface area contributed by atoms with Crippen LogP contribution in [0.4, 0.5) is 5.69 Å². The third-order valence-corrected chi connectivity index (χ3v) is 4.22. The molecule has 0 radical (unpaired) electrons. The van der Waals surface area contributed by atoms with Gasteiger partial charge in [-0.05, 0) is 45.0 Å². The molecule has 6 nitrogen and oxygen atoms in total. The fraction of sp³-hybridized carbons (Fsp3) is 0.556. The second-order valence-corrected chi connectivity index (χ2v) is 5.90. The molecule has 0 aliphatic carbocycles. The lowest BCUT2D eigenvalue weighted by Crippen LogP contribution is -2.38. The van der Waals surface area contributed by atoms with Crippen molar-refractivity contribution in [3.63, 3.8) is 0 Å². The van der Waals surface area contributed by atoms with Crippen LogP contribution in [0.1, 0.15) is 26.2 Å². The number of carbonyl (C=O) groups is 2. The number of ether oxygens (including phenoxy) is 2. The second kappa shape index (κ2) is 10.9. The van der Waals surface area contributed by atoms with Gasteiger partial charge in [0.05, 0.1) is 19.6 Å². The molecule has 7 heteroatoms. The summed E-state index contributed by atoms with van der Waals surface area (Å²) in [6.07, 6.45) is 2.04. The van der Waals surface area contributed by atoms with Gasteiger partial charge in [-0.2, -0.15) is 0 Å². The summed E-state index contributed by atoms with van der Waals surface area (Å²) >= 11 is 0. The predicted molar refractivity (Wildman–Crippen MR) is 99.3 cm³/mol. The number of nitrogens with one attached hydrogen (secondary N) is 1. The van der Waals surface area contributed by atoms with Crippen molar-refractivity contribution in [2.24, 2.45) is 5.92 Å². The molecule has 25 heavy (non-hydrogen) atoms. The van der Waals surface area contributed by atoms with E-state index < -0.39 is 0 Å². The van der Waals surface area contributed by atoms with Gasteiger partial charge in [-0.25, -0.2) is 0 Å². The lowest BCUT2D eigenvalue weighted by Gasteiger charge is -2.30. The van der Waals surface area contributed by atoms with Gasteiger partial charge >= 0.3 is 5.97 Å². The van der Waals surface area contributed by atoms with Crippen molar-refractivity contribution in [3.05, 3.63) is 24.3 Å². The number of nitrogens with zero attached hydrogens (tertiary/aromatic N) is 1. The van der Waals surface area contributed by atoms with Gasteiger partial charge in [-0.1, -0.05) is 6.07 Å². The second-order valence-electron chi connectivity index (χ2n) is 5.90. The monoisotopic (exact) mass is 370 g/mol. The van der Waals surface area contributed by atoms with Crippen LogP contribution in [0.15, 0.2) is 24.3 Å². The highest BCUT2D eigenvalue weighted by Gasteiger charge is 2.25. The van der Waals surface area contributed by atoms with Crippen molar-refractivity contribution in [1.82, 2.24) is 4.90 Å². The zero-order chi connectivity index (χ0) is 17.4. The molecule has 0 saturated carbocycles. The van der Waals surface area contributed by atoms with Crippen molar-refractivity contribution in [1.29, 1.82) is 0 Å². The molecule has 0 atom stereocenters. The molecule has 1 saturated heterocycles. The van der Waals surface area contributed by atoms with Crippen molar-refractivity contribution in [3.8, 4) is 5.75 Å². The van der Waals surface area contributed by atoms with Crippen molar-refractivity contribution < 1.29 is 19.1 Å². The lowest BCUT2D eigenvalue weighted by molar-refractivity contribution is -0.149. The zero-order valence-electron chi connectivity index (χ0n) is 14.8. The summed E-state index contributed by atoms with van der Waals surface area (Å²) in [5.41, 5.74) is 0.736. The van der Waals surface area contributed by atoms with Gasteiger partial charge in [-0.15, -0.1) is 12.4 Å². The molecule has 0 bridgehead atoms. The number of amides is 1. The summed E-state index contributed by atoms with van der Waals surface area (Å²) in [6, 6.07) is 7.31. The summed E-state index contributed by atoms with van der Waals surface area (Å²) in [6.45, 7) is 4.62. The van der Waals surface area contributed by atoms with Crippen LogP contribution in [0, 0.1) is 5.92 Å². The Morgan fingerprint density at radius 3 is 2.64 bits per heavy atom. The van der Waals surface area contributed by atoms with Gasteiger partial charge in [0.2, 0.25) is 5.91 Å². The summed E-state index contributed by atoms with van der Waals surface area (Å²) in [4.78, 5) is 26.0. The van der Waals surface area contributed by atoms with Crippen LogP contribution in [-0.4, -0.2) is 50.1 Å². The number of benzene rings is 1. The molecule has 0 unspecified atom stereocenters. The van der Waals surface area contributed by atoms with Crippen LogP contribution < -0.4 is 10.1 Å². The summed E-state index contributed by atoms with van der Waals surface area (Å²) in [5.74, 6) is 0.615. The third-order valence-electron chi connectivity index (χ3n) is 4.22. The Morgan fingerprint density at radius 1 is 1.28 bits per heavy atom. The largest absolute Gasteiger partial charge is 0.497 e. The number of methoxy groups -OCH3 is 1. The van der Waals surface area contributed by atoms with Crippen molar-refractivity contribution >= 4 is 30.0 Å². The van der Waals surface area contributed by atoms with E-state index in [0.717, 1.165) is 31.6 Å². The average molecular weight is 371 g/mol. The Kier molecular flexibility index (Phi) is 9.31. The Bertz CT molecular complexity index is 560.